The molecular weight excluding hydrogens is 166 g/mol. The van der Waals surface area contributed by atoms with Crippen LogP contribution in [0.25, 0.3) is 15.6 Å². The van der Waals surface area contributed by atoms with Gasteiger partial charge in [0.15, 0.2) is 5.69 Å². The molecule has 1 aromatic carbocycles. The standard InChI is InChI=1S/C9H5N3O/c1-10-9-3-2-7-5-11-12(13)6-8(7)4-9/h2-6H. The van der Waals surface area contributed by atoms with E-state index in [0.717, 1.165) is 10.8 Å². The second-order valence-electron chi connectivity index (χ2n) is 2.60. The van der Waals surface area contributed by atoms with E-state index in [9.17, 15) is 5.21 Å². The molecule has 0 atom stereocenters. The molecule has 0 aliphatic rings. The van der Waals surface area contributed by atoms with Crippen LogP contribution in [0.2, 0.25) is 0 Å². The largest absolute Gasteiger partial charge is 0.594 e. The van der Waals surface area contributed by atoms with Crippen LogP contribution in [-0.2, 0) is 0 Å². The number of rotatable bonds is 0. The highest BCUT2D eigenvalue weighted by Crippen LogP contribution is 2.18. The maximum Gasteiger partial charge on any atom is 0.216 e. The first-order chi connectivity index (χ1) is 6.29. The van der Waals surface area contributed by atoms with Crippen LogP contribution in [0.3, 0.4) is 0 Å². The molecule has 1 aromatic heterocycles. The normalized spacial score (nSPS) is 9.77. The molecule has 0 aliphatic carbocycles. The minimum absolute atomic E-state index is 0.482. The van der Waals surface area contributed by atoms with E-state index in [-0.39, 0.29) is 0 Å². The van der Waals surface area contributed by atoms with Gasteiger partial charge in [-0.25, -0.2) is 4.85 Å². The van der Waals surface area contributed by atoms with E-state index in [0.29, 0.717) is 10.5 Å². The lowest BCUT2D eigenvalue weighted by Gasteiger charge is -1.96. The van der Waals surface area contributed by atoms with Crippen molar-refractivity contribution < 1.29 is 4.85 Å². The van der Waals surface area contributed by atoms with Gasteiger partial charge in [0.05, 0.1) is 6.57 Å². The Morgan fingerprint density at radius 1 is 1.38 bits per heavy atom. The third-order valence-corrected chi connectivity index (χ3v) is 1.76. The Kier molecular flexibility index (Phi) is 1.57. The monoisotopic (exact) mass is 171 g/mol. The van der Waals surface area contributed by atoms with Crippen LogP contribution >= 0.6 is 0 Å². The Morgan fingerprint density at radius 3 is 3.00 bits per heavy atom. The maximum atomic E-state index is 10.8. The number of hydrogen-bond acceptors (Lipinski definition) is 2. The highest BCUT2D eigenvalue weighted by atomic mass is 16.5. The summed E-state index contributed by atoms with van der Waals surface area (Å²) in [5.74, 6) is 0. The van der Waals surface area contributed by atoms with E-state index in [2.05, 4.69) is 9.94 Å². The lowest BCUT2D eigenvalue weighted by molar-refractivity contribution is -0.667. The first-order valence-corrected chi connectivity index (χ1v) is 3.66. The van der Waals surface area contributed by atoms with Crippen LogP contribution < -0.4 is 4.85 Å². The average Bonchev–Trinajstić information content (AvgIpc) is 2.16. The molecule has 2 aromatic rings. The smallest absolute Gasteiger partial charge is 0.216 e. The van der Waals surface area contributed by atoms with Gasteiger partial charge < -0.3 is 5.21 Å². The highest BCUT2D eigenvalue weighted by Gasteiger charge is 1.99. The van der Waals surface area contributed by atoms with E-state index in [4.69, 9.17) is 6.57 Å². The second-order valence-corrected chi connectivity index (χ2v) is 2.60. The summed E-state index contributed by atoms with van der Waals surface area (Å²) in [6, 6.07) is 5.14. The lowest BCUT2D eigenvalue weighted by atomic mass is 10.2. The van der Waals surface area contributed by atoms with Crippen molar-refractivity contribution in [2.45, 2.75) is 0 Å². The zero-order valence-corrected chi connectivity index (χ0v) is 6.64. The molecule has 13 heavy (non-hydrogen) atoms. The maximum absolute atomic E-state index is 10.8. The van der Waals surface area contributed by atoms with Gasteiger partial charge in [-0.15, -0.1) is 0 Å². The Morgan fingerprint density at radius 2 is 2.23 bits per heavy atom. The topological polar surface area (TPSA) is 44.2 Å². The summed E-state index contributed by atoms with van der Waals surface area (Å²) >= 11 is 0. The van der Waals surface area contributed by atoms with Gasteiger partial charge in [-0.3, -0.25) is 0 Å². The molecule has 62 valence electrons. The molecule has 4 heteroatoms. The molecule has 0 aliphatic heterocycles. The van der Waals surface area contributed by atoms with E-state index in [1.807, 2.05) is 0 Å². The predicted molar refractivity (Wildman–Crippen MR) is 47.0 cm³/mol. The third-order valence-electron chi connectivity index (χ3n) is 1.76. The third kappa shape index (κ3) is 1.27. The molecule has 0 radical (unpaired) electrons. The molecule has 0 fully saturated rings. The van der Waals surface area contributed by atoms with Gasteiger partial charge >= 0.3 is 0 Å². The van der Waals surface area contributed by atoms with Crippen molar-refractivity contribution in [3.63, 3.8) is 0 Å². The SMILES string of the molecule is [C-]#[N+]c1ccc2cn[n+]([O-])cc2c1. The zero-order chi connectivity index (χ0) is 9.26. The summed E-state index contributed by atoms with van der Waals surface area (Å²) < 4.78 is 0. The molecule has 0 amide bonds. The van der Waals surface area contributed by atoms with Crippen LogP contribution in [0.5, 0.6) is 0 Å². The second kappa shape index (κ2) is 2.72. The fraction of sp³-hybridized carbons (Fsp3) is 0. The van der Waals surface area contributed by atoms with Gasteiger partial charge in [-0.05, 0) is 6.07 Å². The predicted octanol–water partition coefficient (Wildman–Crippen LogP) is 1.42. The van der Waals surface area contributed by atoms with Crippen molar-refractivity contribution in [3.8, 4) is 0 Å². The summed E-state index contributed by atoms with van der Waals surface area (Å²) in [4.78, 5) is 3.75. The molecule has 0 unspecified atom stereocenters. The number of benzene rings is 1. The Hall–Kier alpha value is -2.15. The van der Waals surface area contributed by atoms with E-state index < -0.39 is 0 Å². The first kappa shape index (κ1) is 7.50. The average molecular weight is 171 g/mol. The lowest BCUT2D eigenvalue weighted by Crippen LogP contribution is -2.29. The van der Waals surface area contributed by atoms with Gasteiger partial charge in [0, 0.05) is 15.9 Å². The van der Waals surface area contributed by atoms with Crippen molar-refractivity contribution in [1.29, 1.82) is 0 Å². The minimum Gasteiger partial charge on any atom is -0.594 e. The molecule has 0 saturated carbocycles. The minimum atomic E-state index is 0.482. The molecule has 0 N–H and O–H groups in total. The highest BCUT2D eigenvalue weighted by molar-refractivity contribution is 5.83. The van der Waals surface area contributed by atoms with Gasteiger partial charge in [-0.1, -0.05) is 17.0 Å². The van der Waals surface area contributed by atoms with Crippen LogP contribution in [0.4, 0.5) is 5.69 Å². The van der Waals surface area contributed by atoms with Crippen LogP contribution in [0, 0.1) is 11.8 Å². The molecule has 0 saturated heterocycles. The summed E-state index contributed by atoms with van der Waals surface area (Å²) in [7, 11) is 0. The van der Waals surface area contributed by atoms with Crippen molar-refractivity contribution in [3.05, 3.63) is 47.2 Å². The molecule has 0 spiro atoms. The van der Waals surface area contributed by atoms with Crippen LogP contribution in [0.1, 0.15) is 0 Å². The van der Waals surface area contributed by atoms with Crippen molar-refractivity contribution in [2.75, 3.05) is 0 Å². The van der Waals surface area contributed by atoms with E-state index >= 15 is 0 Å². The van der Waals surface area contributed by atoms with Gasteiger partial charge in [-0.2, -0.15) is 0 Å². The number of hydrogen-bond donors (Lipinski definition) is 0. The summed E-state index contributed by atoms with van der Waals surface area (Å²) in [6.45, 7) is 6.80. The molecule has 2 rings (SSSR count). The Bertz CT molecular complexity index is 502. The molecular formula is C9H5N3O. The number of nitrogens with zero attached hydrogens (tertiary/aromatic N) is 3. The van der Waals surface area contributed by atoms with Gasteiger partial charge in [0.2, 0.25) is 6.20 Å². The van der Waals surface area contributed by atoms with Crippen LogP contribution in [-0.4, -0.2) is 5.10 Å². The number of aromatic nitrogens is 2. The summed E-state index contributed by atoms with van der Waals surface area (Å²) in [5, 5.41) is 16.0. The fourth-order valence-electron chi connectivity index (χ4n) is 1.13. The quantitative estimate of drug-likeness (QED) is 0.342. The van der Waals surface area contributed by atoms with E-state index in [1.54, 1.807) is 18.2 Å². The van der Waals surface area contributed by atoms with Gasteiger partial charge in [0.1, 0.15) is 6.20 Å². The Balaban J connectivity index is 2.77. The van der Waals surface area contributed by atoms with Crippen molar-refractivity contribution >= 4 is 16.5 Å². The summed E-state index contributed by atoms with van der Waals surface area (Å²) in [5.41, 5.74) is 0.527. The van der Waals surface area contributed by atoms with Crippen LogP contribution in [0.15, 0.2) is 30.6 Å². The van der Waals surface area contributed by atoms with E-state index in [1.165, 1.54) is 12.4 Å². The molecule has 4 nitrogen and oxygen atoms in total. The van der Waals surface area contributed by atoms with Gasteiger partial charge in [0.25, 0.3) is 0 Å². The Labute approximate surface area is 74.4 Å². The van der Waals surface area contributed by atoms with Crippen molar-refractivity contribution in [2.24, 2.45) is 0 Å². The fourth-order valence-corrected chi connectivity index (χ4v) is 1.13. The summed E-state index contributed by atoms with van der Waals surface area (Å²) in [6.07, 6.45) is 2.83. The molecule has 1 heterocycles. The first-order valence-electron chi connectivity index (χ1n) is 3.66. The molecule has 0 bridgehead atoms. The van der Waals surface area contributed by atoms with Crippen molar-refractivity contribution in [1.82, 2.24) is 5.10 Å². The zero-order valence-electron chi connectivity index (χ0n) is 6.64. The number of fused-ring (bicyclic) bond motifs is 1.